The molecule has 0 N–H and O–H groups in total. The standard InChI is InChI=1S/C8H19FNPS/c1-6-10(7-2)11(9,12)8(3,4)5/h6-7H2,1-5H3. The molecular weight excluding hydrogens is 192 g/mol. The van der Waals surface area contributed by atoms with E-state index in [1.807, 2.05) is 34.6 Å². The molecule has 0 aliphatic carbocycles. The number of halogens is 1. The topological polar surface area (TPSA) is 3.24 Å². The maximum absolute atomic E-state index is 14.1. The average molecular weight is 211 g/mol. The number of hydrogen-bond acceptors (Lipinski definition) is 1. The summed E-state index contributed by atoms with van der Waals surface area (Å²) in [5.41, 5.74) is 0. The van der Waals surface area contributed by atoms with Crippen molar-refractivity contribution in [2.75, 3.05) is 13.1 Å². The van der Waals surface area contributed by atoms with E-state index in [4.69, 9.17) is 11.8 Å². The second-order valence-corrected chi connectivity index (χ2v) is 8.17. The summed E-state index contributed by atoms with van der Waals surface area (Å²) < 4.78 is 15.9. The van der Waals surface area contributed by atoms with Crippen LogP contribution in [0, 0.1) is 0 Å². The van der Waals surface area contributed by atoms with E-state index in [-0.39, 0.29) is 0 Å². The van der Waals surface area contributed by atoms with E-state index >= 15 is 0 Å². The van der Waals surface area contributed by atoms with Gasteiger partial charge in [0.15, 0.2) is 6.50 Å². The van der Waals surface area contributed by atoms with E-state index in [2.05, 4.69) is 0 Å². The van der Waals surface area contributed by atoms with Gasteiger partial charge in [0.05, 0.1) is 0 Å². The van der Waals surface area contributed by atoms with Crippen molar-refractivity contribution in [1.29, 1.82) is 0 Å². The summed E-state index contributed by atoms with van der Waals surface area (Å²) in [5, 5.41) is -0.394. The van der Waals surface area contributed by atoms with Crippen LogP contribution >= 0.6 is 6.50 Å². The molecule has 0 aromatic rings. The number of hydrogen-bond donors (Lipinski definition) is 0. The number of rotatable bonds is 3. The van der Waals surface area contributed by atoms with Crippen molar-refractivity contribution in [2.45, 2.75) is 39.8 Å². The lowest BCUT2D eigenvalue weighted by Crippen LogP contribution is -2.27. The van der Waals surface area contributed by atoms with Gasteiger partial charge in [0.2, 0.25) is 0 Å². The molecule has 74 valence electrons. The molecule has 0 aromatic carbocycles. The molecule has 0 aliphatic heterocycles. The highest BCUT2D eigenvalue weighted by molar-refractivity contribution is 8.11. The van der Waals surface area contributed by atoms with E-state index in [1.54, 1.807) is 4.67 Å². The quantitative estimate of drug-likeness (QED) is 0.658. The highest BCUT2D eigenvalue weighted by Gasteiger charge is 2.36. The van der Waals surface area contributed by atoms with Crippen LogP contribution in [0.2, 0.25) is 0 Å². The van der Waals surface area contributed by atoms with Gasteiger partial charge < -0.3 is 0 Å². The monoisotopic (exact) mass is 211 g/mol. The Labute approximate surface area is 80.5 Å². The Morgan fingerprint density at radius 1 is 1.25 bits per heavy atom. The molecule has 0 radical (unpaired) electrons. The zero-order valence-corrected chi connectivity index (χ0v) is 10.3. The largest absolute Gasteiger partial charge is 0.251 e. The summed E-state index contributed by atoms with van der Waals surface area (Å²) >= 11 is 5.07. The molecule has 0 spiro atoms. The predicted octanol–water partition coefficient (Wildman–Crippen LogP) is 3.41. The van der Waals surface area contributed by atoms with Crippen LogP contribution in [-0.2, 0) is 11.8 Å². The van der Waals surface area contributed by atoms with Gasteiger partial charge in [-0.2, -0.15) is 0 Å². The molecule has 4 heteroatoms. The van der Waals surface area contributed by atoms with Crippen LogP contribution in [0.5, 0.6) is 0 Å². The van der Waals surface area contributed by atoms with E-state index < -0.39 is 11.7 Å². The molecule has 1 nitrogen and oxygen atoms in total. The lowest BCUT2D eigenvalue weighted by molar-refractivity contribution is 0.457. The molecular formula is C8H19FNPS. The van der Waals surface area contributed by atoms with Crippen molar-refractivity contribution < 1.29 is 4.20 Å². The van der Waals surface area contributed by atoms with Crippen molar-refractivity contribution >= 4 is 18.3 Å². The van der Waals surface area contributed by atoms with Crippen LogP contribution < -0.4 is 0 Å². The Hall–Kier alpha value is 0.540. The lowest BCUT2D eigenvalue weighted by atomic mass is 10.3. The summed E-state index contributed by atoms with van der Waals surface area (Å²) in [4.78, 5) is 0. The van der Waals surface area contributed by atoms with Crippen molar-refractivity contribution in [1.82, 2.24) is 4.67 Å². The van der Waals surface area contributed by atoms with E-state index in [0.29, 0.717) is 13.1 Å². The molecule has 0 saturated carbocycles. The minimum absolute atomic E-state index is 0.394. The van der Waals surface area contributed by atoms with Crippen LogP contribution in [0.4, 0.5) is 4.20 Å². The zero-order valence-electron chi connectivity index (χ0n) is 8.59. The third kappa shape index (κ3) is 2.51. The van der Waals surface area contributed by atoms with Crippen molar-refractivity contribution in [3.8, 4) is 0 Å². The van der Waals surface area contributed by atoms with Gasteiger partial charge in [-0.1, -0.05) is 34.6 Å². The lowest BCUT2D eigenvalue weighted by Gasteiger charge is -2.35. The molecule has 1 atom stereocenters. The zero-order chi connectivity index (χ0) is 9.99. The fourth-order valence-electron chi connectivity index (χ4n) is 1.01. The van der Waals surface area contributed by atoms with Gasteiger partial charge in [-0.05, 0) is 11.8 Å². The minimum atomic E-state index is -2.82. The maximum atomic E-state index is 14.1. The maximum Gasteiger partial charge on any atom is 0.183 e. The van der Waals surface area contributed by atoms with Crippen LogP contribution in [0.15, 0.2) is 0 Å². The summed E-state index contributed by atoms with van der Waals surface area (Å²) in [5.74, 6) is 0. The summed E-state index contributed by atoms with van der Waals surface area (Å²) in [7, 11) is 0. The minimum Gasteiger partial charge on any atom is -0.251 e. The Bertz CT molecular complexity index is 184. The van der Waals surface area contributed by atoms with Crippen molar-refractivity contribution in [3.63, 3.8) is 0 Å². The summed E-state index contributed by atoms with van der Waals surface area (Å²) in [6, 6.07) is 0. The second kappa shape index (κ2) is 4.17. The molecule has 12 heavy (non-hydrogen) atoms. The van der Waals surface area contributed by atoms with Crippen LogP contribution in [0.3, 0.4) is 0 Å². The number of nitrogens with zero attached hydrogens (tertiary/aromatic N) is 1. The highest BCUT2D eigenvalue weighted by atomic mass is 32.5. The fourth-order valence-corrected chi connectivity index (χ4v) is 3.28. The predicted molar refractivity (Wildman–Crippen MR) is 58.1 cm³/mol. The first-order valence-electron chi connectivity index (χ1n) is 4.32. The van der Waals surface area contributed by atoms with Gasteiger partial charge in [-0.3, -0.25) is 4.67 Å². The average Bonchev–Trinajstić information content (AvgIpc) is 1.87. The van der Waals surface area contributed by atoms with Crippen molar-refractivity contribution in [3.05, 3.63) is 0 Å². The summed E-state index contributed by atoms with van der Waals surface area (Å²) in [6.07, 6.45) is 0. The second-order valence-electron chi connectivity index (χ2n) is 3.81. The fraction of sp³-hybridized carbons (Fsp3) is 1.00. The van der Waals surface area contributed by atoms with E-state index in [0.717, 1.165) is 0 Å². The van der Waals surface area contributed by atoms with Crippen LogP contribution in [-0.4, -0.2) is 22.9 Å². The van der Waals surface area contributed by atoms with Gasteiger partial charge in [0, 0.05) is 18.2 Å². The Balaban J connectivity index is 4.71. The molecule has 0 saturated heterocycles. The molecule has 0 fully saturated rings. The van der Waals surface area contributed by atoms with Crippen molar-refractivity contribution in [2.24, 2.45) is 0 Å². The normalized spacial score (nSPS) is 17.9. The molecule has 0 rings (SSSR count). The van der Waals surface area contributed by atoms with Crippen LogP contribution in [0.25, 0.3) is 0 Å². The molecule has 0 aromatic heterocycles. The van der Waals surface area contributed by atoms with Crippen LogP contribution in [0.1, 0.15) is 34.6 Å². The van der Waals surface area contributed by atoms with E-state index in [9.17, 15) is 4.20 Å². The smallest absolute Gasteiger partial charge is 0.183 e. The first-order valence-corrected chi connectivity index (χ1v) is 6.97. The van der Waals surface area contributed by atoms with E-state index in [1.165, 1.54) is 0 Å². The molecule has 1 unspecified atom stereocenters. The molecule has 0 amide bonds. The molecule has 0 aliphatic rings. The molecule has 0 heterocycles. The first kappa shape index (κ1) is 12.5. The third-order valence-electron chi connectivity index (χ3n) is 1.92. The van der Waals surface area contributed by atoms with Gasteiger partial charge in [-0.25, -0.2) is 4.20 Å². The van der Waals surface area contributed by atoms with Gasteiger partial charge >= 0.3 is 0 Å². The Kier molecular flexibility index (Phi) is 4.35. The van der Waals surface area contributed by atoms with Gasteiger partial charge in [-0.15, -0.1) is 0 Å². The first-order chi connectivity index (χ1) is 5.27. The Morgan fingerprint density at radius 3 is 1.67 bits per heavy atom. The highest BCUT2D eigenvalue weighted by Crippen LogP contribution is 2.62. The Morgan fingerprint density at radius 2 is 1.58 bits per heavy atom. The SMILES string of the molecule is CCN(CC)P(F)(=S)C(C)(C)C. The molecule has 0 bridgehead atoms. The third-order valence-corrected chi connectivity index (χ3v) is 7.21. The van der Waals surface area contributed by atoms with Gasteiger partial charge in [0.25, 0.3) is 0 Å². The summed E-state index contributed by atoms with van der Waals surface area (Å²) in [6.45, 7) is 8.15. The van der Waals surface area contributed by atoms with Gasteiger partial charge in [0.1, 0.15) is 0 Å².